The first-order valence-electron chi connectivity index (χ1n) is 6.41. The van der Waals surface area contributed by atoms with E-state index in [1.807, 2.05) is 6.07 Å². The lowest BCUT2D eigenvalue weighted by molar-refractivity contribution is 0.348. The summed E-state index contributed by atoms with van der Waals surface area (Å²) in [6.07, 6.45) is 5.60. The van der Waals surface area contributed by atoms with Crippen LogP contribution in [0.3, 0.4) is 0 Å². The molecule has 2 saturated carbocycles. The maximum atomic E-state index is 13.3. The van der Waals surface area contributed by atoms with Gasteiger partial charge in [0.25, 0.3) is 0 Å². The van der Waals surface area contributed by atoms with E-state index in [0.717, 1.165) is 30.0 Å². The fourth-order valence-electron chi connectivity index (χ4n) is 3.48. The average Bonchev–Trinajstić information content (AvgIpc) is 2.92. The number of anilines is 1. The summed E-state index contributed by atoms with van der Waals surface area (Å²) in [4.78, 5) is 0. The van der Waals surface area contributed by atoms with Gasteiger partial charge in [0.05, 0.1) is 5.02 Å². The molecule has 1 aromatic carbocycles. The Morgan fingerprint density at radius 2 is 2.18 bits per heavy atom. The first-order valence-corrected chi connectivity index (χ1v) is 6.79. The van der Waals surface area contributed by atoms with Crippen molar-refractivity contribution in [3.05, 3.63) is 29.0 Å². The monoisotopic (exact) mass is 253 g/mol. The Balaban J connectivity index is 1.59. The fraction of sp³-hybridized carbons (Fsp3) is 0.571. The molecule has 2 fully saturated rings. The van der Waals surface area contributed by atoms with Crippen molar-refractivity contribution in [1.29, 1.82) is 0 Å². The highest BCUT2D eigenvalue weighted by molar-refractivity contribution is 6.30. The lowest BCUT2D eigenvalue weighted by Gasteiger charge is -2.22. The van der Waals surface area contributed by atoms with Crippen LogP contribution in [-0.4, -0.2) is 6.54 Å². The van der Waals surface area contributed by atoms with E-state index in [1.54, 1.807) is 6.07 Å². The molecule has 3 heteroatoms. The van der Waals surface area contributed by atoms with Crippen LogP contribution in [0.4, 0.5) is 10.1 Å². The molecule has 0 amide bonds. The summed E-state index contributed by atoms with van der Waals surface area (Å²) in [6.45, 7) is 0.974. The molecule has 2 aliphatic carbocycles. The summed E-state index contributed by atoms with van der Waals surface area (Å²) >= 11 is 5.66. The second-order valence-corrected chi connectivity index (χ2v) is 5.85. The van der Waals surface area contributed by atoms with Crippen molar-refractivity contribution in [2.75, 3.05) is 11.9 Å². The van der Waals surface area contributed by atoms with Gasteiger partial charge in [-0.25, -0.2) is 4.39 Å². The summed E-state index contributed by atoms with van der Waals surface area (Å²) < 4.78 is 13.3. The Hall–Kier alpha value is -0.760. The average molecular weight is 254 g/mol. The van der Waals surface area contributed by atoms with Crippen LogP contribution < -0.4 is 5.32 Å². The number of halogens is 2. The molecule has 3 rings (SSSR count). The van der Waals surface area contributed by atoms with Crippen molar-refractivity contribution in [1.82, 2.24) is 0 Å². The minimum absolute atomic E-state index is 0.190. The number of benzene rings is 1. The minimum Gasteiger partial charge on any atom is -0.385 e. The quantitative estimate of drug-likeness (QED) is 0.846. The maximum Gasteiger partial charge on any atom is 0.143 e. The molecule has 0 aliphatic heterocycles. The van der Waals surface area contributed by atoms with Crippen LogP contribution in [-0.2, 0) is 0 Å². The molecule has 0 heterocycles. The molecule has 1 N–H and O–H groups in total. The molecular weight excluding hydrogens is 237 g/mol. The largest absolute Gasteiger partial charge is 0.385 e. The molecule has 0 spiro atoms. The van der Waals surface area contributed by atoms with Gasteiger partial charge in [-0.1, -0.05) is 18.0 Å². The van der Waals surface area contributed by atoms with E-state index in [0.29, 0.717) is 0 Å². The second-order valence-electron chi connectivity index (χ2n) is 5.44. The molecule has 2 bridgehead atoms. The predicted octanol–water partition coefficient (Wildman–Crippen LogP) is 4.33. The van der Waals surface area contributed by atoms with Gasteiger partial charge in [-0.3, -0.25) is 0 Å². The molecule has 0 aromatic heterocycles. The van der Waals surface area contributed by atoms with E-state index in [9.17, 15) is 4.39 Å². The van der Waals surface area contributed by atoms with Gasteiger partial charge in [0.15, 0.2) is 0 Å². The maximum absolute atomic E-state index is 13.3. The van der Waals surface area contributed by atoms with E-state index in [4.69, 9.17) is 11.6 Å². The molecule has 0 saturated heterocycles. The molecule has 2 aliphatic rings. The minimum atomic E-state index is -0.343. The van der Waals surface area contributed by atoms with Crippen molar-refractivity contribution >= 4 is 17.3 Å². The summed E-state index contributed by atoms with van der Waals surface area (Å²) in [6, 6.07) is 4.94. The zero-order valence-corrected chi connectivity index (χ0v) is 10.5. The normalized spacial score (nSPS) is 30.8. The highest BCUT2D eigenvalue weighted by Crippen LogP contribution is 2.48. The smallest absolute Gasteiger partial charge is 0.143 e. The number of rotatable bonds is 3. The van der Waals surface area contributed by atoms with Crippen molar-refractivity contribution in [2.24, 2.45) is 17.8 Å². The van der Waals surface area contributed by atoms with E-state index < -0.39 is 0 Å². The standard InChI is InChI=1S/C14H17ClFN/c15-13-4-3-12(7-14(13)16)17-8-11-6-9-1-2-10(11)5-9/h3-4,7,9-11,17H,1-2,5-6,8H2. The number of hydrogen-bond acceptors (Lipinski definition) is 1. The van der Waals surface area contributed by atoms with Crippen molar-refractivity contribution < 1.29 is 4.39 Å². The van der Waals surface area contributed by atoms with Gasteiger partial charge in [-0.2, -0.15) is 0 Å². The van der Waals surface area contributed by atoms with Crippen molar-refractivity contribution in [2.45, 2.75) is 25.7 Å². The molecule has 3 atom stereocenters. The fourth-order valence-corrected chi connectivity index (χ4v) is 3.60. The van der Waals surface area contributed by atoms with E-state index in [2.05, 4.69) is 5.32 Å². The van der Waals surface area contributed by atoms with Crippen LogP contribution in [0.1, 0.15) is 25.7 Å². The SMILES string of the molecule is Fc1cc(NCC2CC3CCC2C3)ccc1Cl. The molecule has 1 nitrogen and oxygen atoms in total. The third-order valence-corrected chi connectivity index (χ3v) is 4.68. The van der Waals surface area contributed by atoms with Gasteiger partial charge >= 0.3 is 0 Å². The Morgan fingerprint density at radius 3 is 2.82 bits per heavy atom. The molecule has 1 aromatic rings. The predicted molar refractivity (Wildman–Crippen MR) is 68.8 cm³/mol. The highest BCUT2D eigenvalue weighted by atomic mass is 35.5. The van der Waals surface area contributed by atoms with Gasteiger partial charge in [0, 0.05) is 12.2 Å². The lowest BCUT2D eigenvalue weighted by Crippen LogP contribution is -2.20. The molecule has 17 heavy (non-hydrogen) atoms. The summed E-state index contributed by atoms with van der Waals surface area (Å²) in [7, 11) is 0. The number of nitrogens with one attached hydrogen (secondary N) is 1. The van der Waals surface area contributed by atoms with Gasteiger partial charge in [-0.05, 0) is 55.2 Å². The van der Waals surface area contributed by atoms with Crippen molar-refractivity contribution in [3.63, 3.8) is 0 Å². The van der Waals surface area contributed by atoms with Crippen LogP contribution in [0.5, 0.6) is 0 Å². The highest BCUT2D eigenvalue weighted by Gasteiger charge is 2.38. The zero-order valence-electron chi connectivity index (χ0n) is 9.76. The van der Waals surface area contributed by atoms with Crippen molar-refractivity contribution in [3.8, 4) is 0 Å². The van der Waals surface area contributed by atoms with Gasteiger partial charge in [-0.15, -0.1) is 0 Å². The first-order chi connectivity index (χ1) is 8.22. The number of fused-ring (bicyclic) bond motifs is 2. The third kappa shape index (κ3) is 2.28. The molecule has 92 valence electrons. The Morgan fingerprint density at radius 1 is 1.29 bits per heavy atom. The number of hydrogen-bond donors (Lipinski definition) is 1. The van der Waals surface area contributed by atoms with Gasteiger partial charge in [0.2, 0.25) is 0 Å². The third-order valence-electron chi connectivity index (χ3n) is 4.37. The molecule has 0 radical (unpaired) electrons. The van der Waals surface area contributed by atoms with Crippen LogP contribution in [0.2, 0.25) is 5.02 Å². The first kappa shape index (κ1) is 11.3. The summed E-state index contributed by atoms with van der Waals surface area (Å²) in [5, 5.41) is 3.53. The summed E-state index contributed by atoms with van der Waals surface area (Å²) in [5.74, 6) is 2.32. The Kier molecular flexibility index (Phi) is 2.99. The lowest BCUT2D eigenvalue weighted by atomic mass is 9.89. The van der Waals surface area contributed by atoms with E-state index >= 15 is 0 Å². The Labute approximate surface area is 106 Å². The van der Waals surface area contributed by atoms with Gasteiger partial charge < -0.3 is 5.32 Å². The van der Waals surface area contributed by atoms with Gasteiger partial charge in [0.1, 0.15) is 5.82 Å². The van der Waals surface area contributed by atoms with E-state index in [-0.39, 0.29) is 10.8 Å². The zero-order chi connectivity index (χ0) is 11.8. The van der Waals surface area contributed by atoms with Crippen LogP contribution in [0.15, 0.2) is 18.2 Å². The molecule has 3 unspecified atom stereocenters. The van der Waals surface area contributed by atoms with E-state index in [1.165, 1.54) is 31.7 Å². The van der Waals surface area contributed by atoms with Crippen LogP contribution in [0.25, 0.3) is 0 Å². The molecular formula is C14H17ClFN. The topological polar surface area (TPSA) is 12.0 Å². The summed E-state index contributed by atoms with van der Waals surface area (Å²) in [5.41, 5.74) is 0.842. The van der Waals surface area contributed by atoms with Crippen LogP contribution in [0, 0.1) is 23.6 Å². The van der Waals surface area contributed by atoms with Crippen LogP contribution >= 0.6 is 11.6 Å². The Bertz CT molecular complexity index is 421. The second kappa shape index (κ2) is 4.49.